The number of carbonyl (C=O) groups excluding carboxylic acids is 2. The van der Waals surface area contributed by atoms with Crippen LogP contribution in [-0.2, 0) is 16.0 Å². The van der Waals surface area contributed by atoms with Gasteiger partial charge in [0.25, 0.3) is 0 Å². The normalized spacial score (nSPS) is 35.4. The van der Waals surface area contributed by atoms with Crippen molar-refractivity contribution in [3.05, 3.63) is 35.9 Å². The fourth-order valence-corrected chi connectivity index (χ4v) is 7.12. The van der Waals surface area contributed by atoms with Crippen molar-refractivity contribution in [1.29, 1.82) is 0 Å². The van der Waals surface area contributed by atoms with E-state index in [0.717, 1.165) is 57.2 Å². The maximum Gasteiger partial charge on any atom is 0.225 e. The quantitative estimate of drug-likeness (QED) is 0.701. The lowest BCUT2D eigenvalue weighted by molar-refractivity contribution is -0.151. The van der Waals surface area contributed by atoms with Crippen LogP contribution in [0.15, 0.2) is 30.3 Å². The highest BCUT2D eigenvalue weighted by molar-refractivity contribution is 5.79. The maximum atomic E-state index is 13.2. The fraction of sp³-hybridized carbons (Fsp3) is 0.714. The van der Waals surface area contributed by atoms with Crippen molar-refractivity contribution < 1.29 is 14.7 Å². The van der Waals surface area contributed by atoms with Crippen molar-refractivity contribution >= 4 is 11.8 Å². The molecule has 2 N–H and O–H groups in total. The third-order valence-electron chi connectivity index (χ3n) is 9.14. The van der Waals surface area contributed by atoms with Gasteiger partial charge in [0.05, 0.1) is 12.5 Å². The zero-order chi connectivity index (χ0) is 23.6. The molecule has 2 aliphatic carbocycles. The Bertz CT molecular complexity index is 822. The molecule has 3 fully saturated rings. The Morgan fingerprint density at radius 3 is 2.48 bits per heavy atom. The first kappa shape index (κ1) is 24.3. The number of benzene rings is 1. The summed E-state index contributed by atoms with van der Waals surface area (Å²) in [5.74, 6) is 0.402. The summed E-state index contributed by atoms with van der Waals surface area (Å²) in [6.45, 7) is 8.25. The monoisotopic (exact) mass is 454 g/mol. The molecule has 1 saturated heterocycles. The molecule has 4 rings (SSSR count). The summed E-state index contributed by atoms with van der Waals surface area (Å²) in [6, 6.07) is 9.92. The minimum absolute atomic E-state index is 0.00118. The topological polar surface area (TPSA) is 69.6 Å². The number of nitrogens with one attached hydrogen (secondary N) is 1. The Hall–Kier alpha value is -1.88. The second-order valence-electron chi connectivity index (χ2n) is 11.3. The van der Waals surface area contributed by atoms with Crippen molar-refractivity contribution in [1.82, 2.24) is 10.2 Å². The van der Waals surface area contributed by atoms with Gasteiger partial charge in [-0.05, 0) is 73.7 Å². The summed E-state index contributed by atoms with van der Waals surface area (Å²) < 4.78 is 0. The van der Waals surface area contributed by atoms with Crippen LogP contribution in [0.3, 0.4) is 0 Å². The highest BCUT2D eigenvalue weighted by atomic mass is 16.3. The first-order valence-electron chi connectivity index (χ1n) is 13.1. The molecule has 5 heteroatoms. The van der Waals surface area contributed by atoms with Gasteiger partial charge in [-0.1, -0.05) is 51.1 Å². The number of nitrogens with zero attached hydrogens (tertiary/aromatic N) is 1. The van der Waals surface area contributed by atoms with Crippen molar-refractivity contribution in [3.63, 3.8) is 0 Å². The Balaban J connectivity index is 1.43. The second kappa shape index (κ2) is 10.2. The average molecular weight is 455 g/mol. The molecule has 33 heavy (non-hydrogen) atoms. The van der Waals surface area contributed by atoms with Crippen LogP contribution in [0.4, 0.5) is 0 Å². The van der Waals surface area contributed by atoms with Crippen LogP contribution in [0.2, 0.25) is 0 Å². The average Bonchev–Trinajstić information content (AvgIpc) is 2.81. The molecule has 0 bridgehead atoms. The van der Waals surface area contributed by atoms with Gasteiger partial charge in [-0.3, -0.25) is 9.59 Å². The van der Waals surface area contributed by atoms with Gasteiger partial charge in [-0.25, -0.2) is 0 Å². The van der Waals surface area contributed by atoms with Gasteiger partial charge in [0.15, 0.2) is 0 Å². The zero-order valence-corrected chi connectivity index (χ0v) is 20.6. The molecule has 1 aromatic rings. The van der Waals surface area contributed by atoms with Crippen molar-refractivity contribution in [2.24, 2.45) is 29.1 Å². The molecule has 2 saturated carbocycles. The Morgan fingerprint density at radius 2 is 1.79 bits per heavy atom. The summed E-state index contributed by atoms with van der Waals surface area (Å²) in [6.07, 6.45) is 7.19. The number of hydrogen-bond acceptors (Lipinski definition) is 3. The summed E-state index contributed by atoms with van der Waals surface area (Å²) in [5, 5.41) is 14.9. The molecule has 7 atom stereocenters. The number of aliphatic hydroxyl groups excluding tert-OH is 1. The van der Waals surface area contributed by atoms with E-state index in [4.69, 9.17) is 0 Å². The SMILES string of the molecule is C[C@H]1[C@@H]2[C@@H](O)[C@H]([C@H](C)C(=O)N3CCCCC3)CC[C@@]2(C)CC[C@@H]1NC(=O)Cc1ccccc1. The van der Waals surface area contributed by atoms with Crippen LogP contribution in [-0.4, -0.2) is 47.1 Å². The van der Waals surface area contributed by atoms with E-state index in [9.17, 15) is 14.7 Å². The number of rotatable bonds is 5. The molecule has 0 unspecified atom stereocenters. The van der Waals surface area contributed by atoms with Gasteiger partial charge in [-0.15, -0.1) is 0 Å². The summed E-state index contributed by atoms with van der Waals surface area (Å²) >= 11 is 0. The number of fused-ring (bicyclic) bond motifs is 1. The van der Waals surface area contributed by atoms with Gasteiger partial charge >= 0.3 is 0 Å². The molecule has 2 amide bonds. The lowest BCUT2D eigenvalue weighted by atomic mass is 9.51. The van der Waals surface area contributed by atoms with Crippen LogP contribution in [0.25, 0.3) is 0 Å². The predicted molar refractivity (Wildman–Crippen MR) is 130 cm³/mol. The van der Waals surface area contributed by atoms with Crippen LogP contribution in [0.1, 0.15) is 71.3 Å². The Labute approximate surface area is 199 Å². The molecule has 0 spiro atoms. The van der Waals surface area contributed by atoms with Crippen molar-refractivity contribution in [3.8, 4) is 0 Å². The summed E-state index contributed by atoms with van der Waals surface area (Å²) in [4.78, 5) is 28.0. The van der Waals surface area contributed by atoms with Crippen LogP contribution >= 0.6 is 0 Å². The summed E-state index contributed by atoms with van der Waals surface area (Å²) in [5.41, 5.74) is 1.09. The Morgan fingerprint density at radius 1 is 1.12 bits per heavy atom. The minimum Gasteiger partial charge on any atom is -0.392 e. The van der Waals surface area contributed by atoms with Gasteiger partial charge in [0.1, 0.15) is 0 Å². The van der Waals surface area contributed by atoms with E-state index in [-0.39, 0.29) is 46.9 Å². The molecular formula is C28H42N2O3. The number of aliphatic hydroxyl groups is 1. The number of likely N-dealkylation sites (tertiary alicyclic amines) is 1. The number of amides is 2. The van der Waals surface area contributed by atoms with Crippen molar-refractivity contribution in [2.75, 3.05) is 13.1 Å². The standard InChI is InChI=1S/C28H42N2O3/c1-19(27(33)30-16-8-5-9-17-30)22-12-14-28(3)15-13-23(20(2)25(28)26(22)32)29-24(31)18-21-10-6-4-7-11-21/h4,6-7,10-11,19-20,22-23,25-26,32H,5,8-9,12-18H2,1-3H3,(H,29,31)/t19-,20+,22-,23-,25+,26-,28-/m0/s1. The van der Waals surface area contributed by atoms with E-state index in [1.807, 2.05) is 42.2 Å². The van der Waals surface area contributed by atoms with E-state index in [0.29, 0.717) is 6.42 Å². The fourth-order valence-electron chi connectivity index (χ4n) is 7.12. The van der Waals surface area contributed by atoms with Crippen LogP contribution in [0.5, 0.6) is 0 Å². The van der Waals surface area contributed by atoms with Gasteiger partial charge in [-0.2, -0.15) is 0 Å². The third-order valence-corrected chi connectivity index (χ3v) is 9.14. The predicted octanol–water partition coefficient (Wildman–Crippen LogP) is 4.19. The van der Waals surface area contributed by atoms with Crippen molar-refractivity contribution in [2.45, 2.75) is 84.3 Å². The first-order chi connectivity index (χ1) is 15.8. The minimum atomic E-state index is -0.503. The van der Waals surface area contributed by atoms with E-state index < -0.39 is 6.10 Å². The molecular weight excluding hydrogens is 412 g/mol. The molecule has 1 heterocycles. The molecule has 1 aromatic carbocycles. The van der Waals surface area contributed by atoms with E-state index in [2.05, 4.69) is 19.2 Å². The van der Waals surface area contributed by atoms with Gasteiger partial charge in [0, 0.05) is 25.0 Å². The second-order valence-corrected chi connectivity index (χ2v) is 11.3. The highest BCUT2D eigenvalue weighted by Gasteiger charge is 2.54. The molecule has 3 aliphatic rings. The lowest BCUT2D eigenvalue weighted by Crippen LogP contribution is -2.58. The van der Waals surface area contributed by atoms with Gasteiger partial charge in [0.2, 0.25) is 11.8 Å². The number of piperidine rings is 1. The third kappa shape index (κ3) is 5.13. The molecule has 182 valence electrons. The van der Waals surface area contributed by atoms with Gasteiger partial charge < -0.3 is 15.3 Å². The molecule has 1 aliphatic heterocycles. The Kier molecular flexibility index (Phi) is 7.47. The molecule has 0 aromatic heterocycles. The first-order valence-corrected chi connectivity index (χ1v) is 13.1. The maximum absolute atomic E-state index is 13.2. The lowest BCUT2D eigenvalue weighted by Gasteiger charge is -2.56. The van der Waals surface area contributed by atoms with Crippen LogP contribution in [0, 0.1) is 29.1 Å². The van der Waals surface area contributed by atoms with Crippen LogP contribution < -0.4 is 5.32 Å². The van der Waals surface area contributed by atoms with E-state index in [1.54, 1.807) is 0 Å². The van der Waals surface area contributed by atoms with E-state index >= 15 is 0 Å². The number of hydrogen-bond donors (Lipinski definition) is 2. The highest BCUT2D eigenvalue weighted by Crippen LogP contribution is 2.55. The van der Waals surface area contributed by atoms with E-state index in [1.165, 1.54) is 6.42 Å². The summed E-state index contributed by atoms with van der Waals surface area (Å²) in [7, 11) is 0. The smallest absolute Gasteiger partial charge is 0.225 e. The largest absolute Gasteiger partial charge is 0.392 e. The molecule has 0 radical (unpaired) electrons. The zero-order valence-electron chi connectivity index (χ0n) is 20.6. The number of carbonyl (C=O) groups is 2. The molecule has 5 nitrogen and oxygen atoms in total.